The maximum absolute atomic E-state index is 11.1. The topological polar surface area (TPSA) is 40.5 Å². The summed E-state index contributed by atoms with van der Waals surface area (Å²) >= 11 is 0. The lowest BCUT2D eigenvalue weighted by atomic mass is 9.53. The lowest BCUT2D eigenvalue weighted by molar-refractivity contribution is -0.104. The zero-order chi connectivity index (χ0) is 15.5. The predicted molar refractivity (Wildman–Crippen MR) is 88.0 cm³/mol. The Morgan fingerprint density at radius 3 is 2.77 bits per heavy atom. The van der Waals surface area contributed by atoms with Crippen LogP contribution in [0.3, 0.4) is 0 Å². The fourth-order valence-electron chi connectivity index (χ4n) is 6.26. The van der Waals surface area contributed by atoms with Crippen LogP contribution in [0.4, 0.5) is 0 Å². The van der Waals surface area contributed by atoms with Gasteiger partial charge >= 0.3 is 0 Å². The van der Waals surface area contributed by atoms with Crippen molar-refractivity contribution in [3.8, 4) is 5.75 Å². The molecule has 1 aromatic rings. The molecule has 120 valence electrons. The molecule has 0 radical (unpaired) electrons. The molecule has 4 rings (SSSR count). The minimum Gasteiger partial charge on any atom is -0.508 e. The third kappa shape index (κ3) is 1.76. The van der Waals surface area contributed by atoms with Crippen molar-refractivity contribution in [2.75, 3.05) is 0 Å². The van der Waals surface area contributed by atoms with E-state index in [0.29, 0.717) is 17.6 Å². The second-order valence-electron chi connectivity index (χ2n) is 8.18. The lowest BCUT2D eigenvalue weighted by Gasteiger charge is -2.53. The van der Waals surface area contributed by atoms with Gasteiger partial charge in [0, 0.05) is 0 Å². The largest absolute Gasteiger partial charge is 0.508 e. The monoisotopic (exact) mass is 300 g/mol. The summed E-state index contributed by atoms with van der Waals surface area (Å²) in [6.07, 6.45) is 7.71. The first-order valence-electron chi connectivity index (χ1n) is 9.03. The van der Waals surface area contributed by atoms with Gasteiger partial charge in [-0.15, -0.1) is 0 Å². The third-order valence-corrected chi connectivity index (χ3v) is 7.62. The van der Waals surface area contributed by atoms with Crippen LogP contribution in [0.25, 0.3) is 0 Å². The highest BCUT2D eigenvalue weighted by Crippen LogP contribution is 2.64. The molecule has 2 N–H and O–H groups in total. The Morgan fingerprint density at radius 1 is 1.18 bits per heavy atom. The van der Waals surface area contributed by atoms with Crippen LogP contribution < -0.4 is 0 Å². The molecular formula is C20H28O2. The highest BCUT2D eigenvalue weighted by atomic mass is 16.3. The van der Waals surface area contributed by atoms with Crippen molar-refractivity contribution in [2.45, 2.75) is 70.3 Å². The molecule has 2 nitrogen and oxygen atoms in total. The first kappa shape index (κ1) is 14.6. The Kier molecular flexibility index (Phi) is 3.14. The molecule has 0 heterocycles. The smallest absolute Gasteiger partial charge is 0.115 e. The Bertz CT molecular complexity index is 595. The first-order valence-corrected chi connectivity index (χ1v) is 9.03. The number of hydrogen-bond donors (Lipinski definition) is 2. The summed E-state index contributed by atoms with van der Waals surface area (Å²) in [6, 6.07) is 5.98. The van der Waals surface area contributed by atoms with Crippen LogP contribution >= 0.6 is 0 Å². The molecule has 0 aliphatic heterocycles. The van der Waals surface area contributed by atoms with E-state index in [0.717, 1.165) is 31.6 Å². The van der Waals surface area contributed by atoms with Crippen LogP contribution in [-0.4, -0.2) is 15.8 Å². The number of aromatic hydroxyl groups is 1. The van der Waals surface area contributed by atoms with Crippen molar-refractivity contribution in [2.24, 2.45) is 17.3 Å². The summed E-state index contributed by atoms with van der Waals surface area (Å²) in [6.45, 7) is 4.51. The number of fused-ring (bicyclic) bond motifs is 5. The molecule has 5 atom stereocenters. The van der Waals surface area contributed by atoms with E-state index in [-0.39, 0.29) is 5.41 Å². The van der Waals surface area contributed by atoms with E-state index in [4.69, 9.17) is 0 Å². The summed E-state index contributed by atoms with van der Waals surface area (Å²) in [7, 11) is 0. The molecule has 0 amide bonds. The van der Waals surface area contributed by atoms with E-state index in [2.05, 4.69) is 19.9 Å². The van der Waals surface area contributed by atoms with E-state index in [1.807, 2.05) is 12.1 Å². The van der Waals surface area contributed by atoms with Crippen molar-refractivity contribution in [1.29, 1.82) is 0 Å². The van der Waals surface area contributed by atoms with Crippen LogP contribution in [0, 0.1) is 17.3 Å². The maximum Gasteiger partial charge on any atom is 0.115 e. The van der Waals surface area contributed by atoms with Gasteiger partial charge in [-0.3, -0.25) is 0 Å². The maximum atomic E-state index is 11.1. The highest BCUT2D eigenvalue weighted by Gasteiger charge is 2.60. The van der Waals surface area contributed by atoms with Crippen LogP contribution in [-0.2, 0) is 6.42 Å². The predicted octanol–water partition coefficient (Wildman–Crippen LogP) is 4.39. The zero-order valence-corrected chi connectivity index (χ0v) is 13.8. The second kappa shape index (κ2) is 4.74. The molecule has 2 saturated carbocycles. The zero-order valence-electron chi connectivity index (χ0n) is 13.8. The van der Waals surface area contributed by atoms with Gasteiger partial charge in [0.05, 0.1) is 5.60 Å². The lowest BCUT2D eigenvalue weighted by Crippen LogP contribution is -2.50. The van der Waals surface area contributed by atoms with E-state index >= 15 is 0 Å². The molecule has 0 unspecified atom stereocenters. The Labute approximate surface area is 133 Å². The summed E-state index contributed by atoms with van der Waals surface area (Å²) in [5.74, 6) is 2.43. The number of benzene rings is 1. The number of phenolic OH excluding ortho intramolecular Hbond substituents is 1. The summed E-state index contributed by atoms with van der Waals surface area (Å²) in [5.41, 5.74) is 2.49. The van der Waals surface area contributed by atoms with Crippen LogP contribution in [0.1, 0.15) is 69.4 Å². The van der Waals surface area contributed by atoms with E-state index in [9.17, 15) is 10.2 Å². The van der Waals surface area contributed by atoms with Gasteiger partial charge in [0.25, 0.3) is 0 Å². The Hall–Kier alpha value is -1.02. The van der Waals surface area contributed by atoms with E-state index < -0.39 is 5.60 Å². The summed E-state index contributed by atoms with van der Waals surface area (Å²) in [4.78, 5) is 0. The third-order valence-electron chi connectivity index (χ3n) is 7.62. The van der Waals surface area contributed by atoms with Gasteiger partial charge in [-0.05, 0) is 91.4 Å². The second-order valence-corrected chi connectivity index (χ2v) is 8.18. The quantitative estimate of drug-likeness (QED) is 0.807. The average Bonchev–Trinajstić information content (AvgIpc) is 2.79. The van der Waals surface area contributed by atoms with Crippen LogP contribution in [0.5, 0.6) is 5.75 Å². The van der Waals surface area contributed by atoms with Gasteiger partial charge in [-0.25, -0.2) is 0 Å². The van der Waals surface area contributed by atoms with E-state index in [1.165, 1.54) is 30.4 Å². The number of phenols is 1. The number of hydrogen-bond acceptors (Lipinski definition) is 2. The molecule has 3 aliphatic carbocycles. The Morgan fingerprint density at radius 2 is 2.00 bits per heavy atom. The number of rotatable bonds is 1. The SMILES string of the molecule is CC[C@@]1(O)CC[C@H]2[C@@H]3CCc4cc(O)ccc4[C@H]3CC[C@@]21C. The van der Waals surface area contributed by atoms with Crippen molar-refractivity contribution in [3.05, 3.63) is 29.3 Å². The molecule has 0 bridgehead atoms. The molecule has 2 heteroatoms. The minimum atomic E-state index is -0.447. The fourth-order valence-corrected chi connectivity index (χ4v) is 6.26. The van der Waals surface area contributed by atoms with Crippen molar-refractivity contribution in [1.82, 2.24) is 0 Å². The number of aryl methyl sites for hydroxylation is 1. The molecule has 1 aromatic carbocycles. The summed E-state index contributed by atoms with van der Waals surface area (Å²) < 4.78 is 0. The van der Waals surface area contributed by atoms with Gasteiger partial charge in [0.15, 0.2) is 0 Å². The molecule has 2 fully saturated rings. The fraction of sp³-hybridized carbons (Fsp3) is 0.700. The first-order chi connectivity index (χ1) is 10.5. The normalized spacial score (nSPS) is 43.3. The van der Waals surface area contributed by atoms with Crippen LogP contribution in [0.2, 0.25) is 0 Å². The van der Waals surface area contributed by atoms with Crippen LogP contribution in [0.15, 0.2) is 18.2 Å². The molecular weight excluding hydrogens is 272 g/mol. The molecule has 22 heavy (non-hydrogen) atoms. The summed E-state index contributed by atoms with van der Waals surface area (Å²) in [5, 5.41) is 20.9. The average molecular weight is 300 g/mol. The van der Waals surface area contributed by atoms with Crippen molar-refractivity contribution < 1.29 is 10.2 Å². The molecule has 0 aromatic heterocycles. The van der Waals surface area contributed by atoms with Gasteiger partial charge < -0.3 is 10.2 Å². The number of aliphatic hydroxyl groups is 1. The van der Waals surface area contributed by atoms with Gasteiger partial charge in [0.2, 0.25) is 0 Å². The molecule has 0 spiro atoms. The van der Waals surface area contributed by atoms with Crippen molar-refractivity contribution in [3.63, 3.8) is 0 Å². The van der Waals surface area contributed by atoms with Crippen molar-refractivity contribution >= 4 is 0 Å². The molecule has 3 aliphatic rings. The Balaban J connectivity index is 1.70. The minimum absolute atomic E-state index is 0.108. The van der Waals surface area contributed by atoms with Gasteiger partial charge in [-0.2, -0.15) is 0 Å². The molecule has 0 saturated heterocycles. The highest BCUT2D eigenvalue weighted by molar-refractivity contribution is 5.40. The van der Waals surface area contributed by atoms with E-state index in [1.54, 1.807) is 0 Å². The van der Waals surface area contributed by atoms with Gasteiger partial charge in [-0.1, -0.05) is 19.9 Å². The van der Waals surface area contributed by atoms with Gasteiger partial charge in [0.1, 0.15) is 5.75 Å². The standard InChI is InChI=1S/C20H28O2/c1-3-20(22)11-9-18-17-6-4-13-12-14(21)5-7-15(13)16(17)8-10-19(18,20)2/h5,7,12,16-18,21-22H,3-4,6,8-11H2,1-2H3/t16-,17-,18+,19+,20-/m1/s1.